The molecule has 1 N–H and O–H groups in total. The molecule has 146 valence electrons. The van der Waals surface area contributed by atoms with Gasteiger partial charge in [0.15, 0.2) is 0 Å². The number of halogens is 1. The molecule has 0 radical (unpaired) electrons. The van der Waals surface area contributed by atoms with Crippen LogP contribution in [0.25, 0.3) is 0 Å². The molecule has 0 spiro atoms. The Bertz CT molecular complexity index is 875. The quantitative estimate of drug-likeness (QED) is 0.875. The number of amides is 2. The van der Waals surface area contributed by atoms with Crippen molar-refractivity contribution in [3.8, 4) is 0 Å². The molecule has 3 atom stereocenters. The number of carbonyl (C=O) groups is 2. The predicted molar refractivity (Wildman–Crippen MR) is 106 cm³/mol. The number of benzene rings is 2. The number of piperidine rings is 1. The van der Waals surface area contributed by atoms with E-state index in [4.69, 9.17) is 0 Å². The first-order valence-corrected chi connectivity index (χ1v) is 9.88. The first kappa shape index (κ1) is 18.7. The van der Waals surface area contributed by atoms with Crippen molar-refractivity contribution in [2.45, 2.75) is 57.7 Å². The zero-order chi connectivity index (χ0) is 19.8. The second-order valence-electron chi connectivity index (χ2n) is 8.12. The van der Waals surface area contributed by atoms with Crippen molar-refractivity contribution in [1.29, 1.82) is 0 Å². The van der Waals surface area contributed by atoms with Gasteiger partial charge in [-0.25, -0.2) is 4.39 Å². The van der Waals surface area contributed by atoms with Crippen molar-refractivity contribution in [2.75, 3.05) is 0 Å². The zero-order valence-electron chi connectivity index (χ0n) is 16.2. The number of carbonyl (C=O) groups excluding carboxylic acids is 2. The monoisotopic (exact) mass is 380 g/mol. The van der Waals surface area contributed by atoms with Gasteiger partial charge < -0.3 is 10.2 Å². The number of fused-ring (bicyclic) bond motifs is 2. The van der Waals surface area contributed by atoms with E-state index < -0.39 is 0 Å². The van der Waals surface area contributed by atoms with Crippen molar-refractivity contribution >= 4 is 11.8 Å². The molecule has 2 heterocycles. The highest BCUT2D eigenvalue weighted by atomic mass is 19.1. The summed E-state index contributed by atoms with van der Waals surface area (Å²) in [6.07, 6.45) is 3.48. The Kier molecular flexibility index (Phi) is 4.92. The molecule has 1 unspecified atom stereocenters. The summed E-state index contributed by atoms with van der Waals surface area (Å²) >= 11 is 0. The van der Waals surface area contributed by atoms with Gasteiger partial charge in [-0.3, -0.25) is 9.59 Å². The molecule has 2 fully saturated rings. The summed E-state index contributed by atoms with van der Waals surface area (Å²) in [6.45, 7) is 4.02. The minimum atomic E-state index is -0.354. The molecule has 0 saturated carbocycles. The smallest absolute Gasteiger partial charge is 0.254 e. The van der Waals surface area contributed by atoms with Gasteiger partial charge in [-0.05, 0) is 75.9 Å². The normalized spacial score (nSPS) is 23.5. The molecule has 2 amide bonds. The first-order valence-electron chi connectivity index (χ1n) is 9.88. The van der Waals surface area contributed by atoms with E-state index in [0.717, 1.165) is 42.4 Å². The summed E-state index contributed by atoms with van der Waals surface area (Å²) in [4.78, 5) is 27.6. The number of rotatable bonds is 3. The SMILES string of the molecule is Cc1cc(C)cc(C(=O)N2[C@@H]3CC[C@H]2CC(NC(=O)c2ccc(F)cc2)C3)c1. The number of nitrogens with zero attached hydrogens (tertiary/aromatic N) is 1. The highest BCUT2D eigenvalue weighted by Gasteiger charge is 2.43. The van der Waals surface area contributed by atoms with Gasteiger partial charge in [0.1, 0.15) is 5.82 Å². The van der Waals surface area contributed by atoms with Gasteiger partial charge in [-0.1, -0.05) is 17.2 Å². The van der Waals surface area contributed by atoms with Crippen molar-refractivity contribution in [2.24, 2.45) is 0 Å². The van der Waals surface area contributed by atoms with Gasteiger partial charge in [-0.15, -0.1) is 0 Å². The molecule has 5 heteroatoms. The van der Waals surface area contributed by atoms with Gasteiger partial charge in [-0.2, -0.15) is 0 Å². The Labute approximate surface area is 164 Å². The Balaban J connectivity index is 1.45. The number of hydrogen-bond acceptors (Lipinski definition) is 2. The molecule has 2 aromatic carbocycles. The lowest BCUT2D eigenvalue weighted by Gasteiger charge is -2.39. The summed E-state index contributed by atoms with van der Waals surface area (Å²) in [7, 11) is 0. The van der Waals surface area contributed by atoms with Crippen LogP contribution >= 0.6 is 0 Å². The van der Waals surface area contributed by atoms with Crippen LogP contribution in [0.4, 0.5) is 4.39 Å². The lowest BCUT2D eigenvalue weighted by molar-refractivity contribution is 0.0549. The number of hydrogen-bond donors (Lipinski definition) is 1. The summed E-state index contributed by atoms with van der Waals surface area (Å²) in [5, 5.41) is 3.07. The number of nitrogens with one attached hydrogen (secondary N) is 1. The Morgan fingerprint density at radius 3 is 2.07 bits per heavy atom. The average Bonchev–Trinajstić information content (AvgIpc) is 2.91. The molecule has 2 aliphatic heterocycles. The van der Waals surface area contributed by atoms with Crippen molar-refractivity contribution in [3.05, 3.63) is 70.5 Å². The fourth-order valence-corrected chi connectivity index (χ4v) is 4.74. The third-order valence-electron chi connectivity index (χ3n) is 5.88. The maximum Gasteiger partial charge on any atom is 0.254 e. The second kappa shape index (κ2) is 7.38. The summed E-state index contributed by atoms with van der Waals surface area (Å²) in [5.41, 5.74) is 3.40. The summed E-state index contributed by atoms with van der Waals surface area (Å²) < 4.78 is 13.1. The van der Waals surface area contributed by atoms with E-state index in [1.165, 1.54) is 24.3 Å². The van der Waals surface area contributed by atoms with Crippen LogP contribution in [0, 0.1) is 19.7 Å². The van der Waals surface area contributed by atoms with Crippen LogP contribution in [0.15, 0.2) is 42.5 Å². The molecule has 0 aromatic heterocycles. The highest BCUT2D eigenvalue weighted by molar-refractivity contribution is 5.96. The maximum atomic E-state index is 13.2. The summed E-state index contributed by atoms with van der Waals surface area (Å²) in [6, 6.07) is 11.9. The van der Waals surface area contributed by atoms with Crippen molar-refractivity contribution in [3.63, 3.8) is 0 Å². The fourth-order valence-electron chi connectivity index (χ4n) is 4.74. The van der Waals surface area contributed by atoms with E-state index in [9.17, 15) is 14.0 Å². The van der Waals surface area contributed by atoms with E-state index in [1.807, 2.05) is 30.9 Å². The minimum Gasteiger partial charge on any atom is -0.349 e. The highest BCUT2D eigenvalue weighted by Crippen LogP contribution is 2.37. The van der Waals surface area contributed by atoms with E-state index in [0.29, 0.717) is 5.56 Å². The first-order chi connectivity index (χ1) is 13.4. The van der Waals surface area contributed by atoms with Crippen LogP contribution in [-0.4, -0.2) is 34.8 Å². The van der Waals surface area contributed by atoms with Crippen LogP contribution in [0.3, 0.4) is 0 Å². The van der Waals surface area contributed by atoms with Crippen LogP contribution in [0.5, 0.6) is 0 Å². The molecular formula is C23H25FN2O2. The summed E-state index contributed by atoms with van der Waals surface area (Å²) in [5.74, 6) is -0.436. The third kappa shape index (κ3) is 3.66. The van der Waals surface area contributed by atoms with Gasteiger partial charge in [0.2, 0.25) is 0 Å². The van der Waals surface area contributed by atoms with Crippen LogP contribution < -0.4 is 5.32 Å². The fraction of sp³-hybridized carbons (Fsp3) is 0.391. The Morgan fingerprint density at radius 2 is 1.50 bits per heavy atom. The molecule has 2 bridgehead atoms. The molecule has 4 rings (SSSR count). The van der Waals surface area contributed by atoms with Gasteiger partial charge >= 0.3 is 0 Å². The Hall–Kier alpha value is -2.69. The lowest BCUT2D eigenvalue weighted by Crippen LogP contribution is -2.52. The third-order valence-corrected chi connectivity index (χ3v) is 5.88. The number of aryl methyl sites for hydroxylation is 2. The molecular weight excluding hydrogens is 355 g/mol. The van der Waals surface area contributed by atoms with E-state index in [-0.39, 0.29) is 35.8 Å². The zero-order valence-corrected chi connectivity index (χ0v) is 16.2. The van der Waals surface area contributed by atoms with E-state index in [1.54, 1.807) is 0 Å². The largest absolute Gasteiger partial charge is 0.349 e. The standard InChI is InChI=1S/C23H25FN2O2/c1-14-9-15(2)11-17(10-14)23(28)26-20-7-8-21(26)13-19(12-20)25-22(27)16-3-5-18(24)6-4-16/h3-6,9-11,19-21H,7-8,12-13H2,1-2H3,(H,25,27)/t19?,20-,21+. The molecule has 2 aliphatic rings. The van der Waals surface area contributed by atoms with E-state index in [2.05, 4.69) is 11.4 Å². The van der Waals surface area contributed by atoms with Crippen molar-refractivity contribution < 1.29 is 14.0 Å². The topological polar surface area (TPSA) is 49.4 Å². The van der Waals surface area contributed by atoms with Gasteiger partial charge in [0.05, 0.1) is 0 Å². The molecule has 4 nitrogen and oxygen atoms in total. The van der Waals surface area contributed by atoms with Gasteiger partial charge in [0.25, 0.3) is 11.8 Å². The average molecular weight is 380 g/mol. The minimum absolute atomic E-state index is 0.0401. The van der Waals surface area contributed by atoms with Crippen LogP contribution in [0.2, 0.25) is 0 Å². The maximum absolute atomic E-state index is 13.2. The van der Waals surface area contributed by atoms with Crippen LogP contribution in [0.1, 0.15) is 57.5 Å². The second-order valence-corrected chi connectivity index (χ2v) is 8.12. The van der Waals surface area contributed by atoms with Crippen LogP contribution in [-0.2, 0) is 0 Å². The molecule has 28 heavy (non-hydrogen) atoms. The van der Waals surface area contributed by atoms with Crippen molar-refractivity contribution in [1.82, 2.24) is 10.2 Å². The lowest BCUT2D eigenvalue weighted by atomic mass is 9.95. The Morgan fingerprint density at radius 1 is 0.929 bits per heavy atom. The predicted octanol–water partition coefficient (Wildman–Crippen LogP) is 4.01. The molecule has 2 aromatic rings. The van der Waals surface area contributed by atoms with Gasteiger partial charge in [0, 0.05) is 29.3 Å². The molecule has 2 saturated heterocycles. The molecule has 0 aliphatic carbocycles. The van der Waals surface area contributed by atoms with E-state index >= 15 is 0 Å².